The van der Waals surface area contributed by atoms with Crippen LogP contribution in [-0.2, 0) is 14.4 Å². The molecule has 1 aliphatic heterocycles. The fourth-order valence-electron chi connectivity index (χ4n) is 4.53. The summed E-state index contributed by atoms with van der Waals surface area (Å²) in [4.78, 5) is 43.2. The number of nitrogens with zero attached hydrogens (tertiary/aromatic N) is 2. The maximum absolute atomic E-state index is 12.9. The molecular formula is C21H17N3O3S. The molecule has 0 radical (unpaired) electrons. The Balaban J connectivity index is 1.35. The van der Waals surface area contributed by atoms with Gasteiger partial charge in [0, 0.05) is 17.7 Å². The molecule has 2 aliphatic carbocycles. The SMILES string of the molecule is O=C(/C=C/c1cccc(N2C(=O)[C@@H]3[C@H](C2=O)[C@H]2C=C[C@H]3C2)c1)Nc1nccs1. The predicted molar refractivity (Wildman–Crippen MR) is 106 cm³/mol. The van der Waals surface area contributed by atoms with Crippen LogP contribution in [0.25, 0.3) is 6.08 Å². The molecule has 1 aromatic heterocycles. The van der Waals surface area contributed by atoms with Crippen molar-refractivity contribution in [3.8, 4) is 0 Å². The maximum Gasteiger partial charge on any atom is 0.250 e. The van der Waals surface area contributed by atoms with E-state index in [1.807, 2.05) is 6.07 Å². The zero-order valence-corrected chi connectivity index (χ0v) is 15.6. The maximum atomic E-state index is 12.9. The van der Waals surface area contributed by atoms with Gasteiger partial charge in [0.1, 0.15) is 0 Å². The Hall–Kier alpha value is -3.06. The van der Waals surface area contributed by atoms with E-state index < -0.39 is 0 Å². The fourth-order valence-corrected chi connectivity index (χ4v) is 5.06. The lowest BCUT2D eigenvalue weighted by molar-refractivity contribution is -0.123. The predicted octanol–water partition coefficient (Wildman–Crippen LogP) is 3.11. The summed E-state index contributed by atoms with van der Waals surface area (Å²) in [5.41, 5.74) is 1.30. The summed E-state index contributed by atoms with van der Waals surface area (Å²) in [6, 6.07) is 7.14. The van der Waals surface area contributed by atoms with Crippen LogP contribution in [0.15, 0.2) is 54.1 Å². The van der Waals surface area contributed by atoms with Crippen molar-refractivity contribution >= 4 is 46.0 Å². The minimum Gasteiger partial charge on any atom is -0.298 e. The van der Waals surface area contributed by atoms with Gasteiger partial charge >= 0.3 is 0 Å². The van der Waals surface area contributed by atoms with Crippen molar-refractivity contribution in [1.82, 2.24) is 4.98 Å². The van der Waals surface area contributed by atoms with Gasteiger partial charge in [-0.25, -0.2) is 9.88 Å². The summed E-state index contributed by atoms with van der Waals surface area (Å²) in [5, 5.41) is 4.99. The second-order valence-corrected chi connectivity index (χ2v) is 8.16. The fraction of sp³-hybridized carbons (Fsp3) is 0.238. The molecule has 2 bridgehead atoms. The molecule has 1 saturated heterocycles. The second-order valence-electron chi connectivity index (χ2n) is 7.27. The number of thiazole rings is 1. The molecule has 6 nitrogen and oxygen atoms in total. The monoisotopic (exact) mass is 391 g/mol. The molecule has 1 saturated carbocycles. The molecule has 7 heteroatoms. The Morgan fingerprint density at radius 1 is 1.18 bits per heavy atom. The third-order valence-corrected chi connectivity index (χ3v) is 6.38. The highest BCUT2D eigenvalue weighted by Gasteiger charge is 2.59. The molecule has 28 heavy (non-hydrogen) atoms. The molecule has 0 spiro atoms. The van der Waals surface area contributed by atoms with E-state index in [1.165, 1.54) is 22.3 Å². The number of hydrogen-bond acceptors (Lipinski definition) is 5. The molecule has 3 aliphatic rings. The van der Waals surface area contributed by atoms with Crippen LogP contribution in [0.5, 0.6) is 0 Å². The molecule has 2 heterocycles. The minimum atomic E-state index is -0.286. The Bertz CT molecular complexity index is 997. The molecule has 3 amide bonds. The average Bonchev–Trinajstić information content (AvgIpc) is 3.46. The first-order valence-corrected chi connectivity index (χ1v) is 10.0. The molecule has 2 fully saturated rings. The molecule has 1 N–H and O–H groups in total. The molecule has 140 valence electrons. The van der Waals surface area contributed by atoms with E-state index in [1.54, 1.807) is 35.9 Å². The third-order valence-electron chi connectivity index (χ3n) is 5.69. The standard InChI is InChI=1S/C21H17N3O3S/c25-16(23-21-22-8-9-28-21)7-4-12-2-1-3-15(10-12)24-19(26)17-13-5-6-14(11-13)18(17)20(24)27/h1-10,13-14,17-18H,11H2,(H,22,23,25)/b7-4+/t13-,14-,17-,18+/m0/s1. The Morgan fingerprint density at radius 2 is 1.93 bits per heavy atom. The van der Waals surface area contributed by atoms with Gasteiger partial charge in [-0.05, 0) is 42.0 Å². The number of benzene rings is 1. The highest BCUT2D eigenvalue weighted by atomic mass is 32.1. The van der Waals surface area contributed by atoms with Crippen molar-refractivity contribution in [2.75, 3.05) is 10.2 Å². The summed E-state index contributed by atoms with van der Waals surface area (Å²) in [7, 11) is 0. The number of allylic oxidation sites excluding steroid dienone is 2. The third kappa shape index (κ3) is 2.70. The minimum absolute atomic E-state index is 0.102. The number of hydrogen-bond donors (Lipinski definition) is 1. The lowest BCUT2D eigenvalue weighted by atomic mass is 9.85. The van der Waals surface area contributed by atoms with Crippen molar-refractivity contribution in [2.45, 2.75) is 6.42 Å². The zero-order chi connectivity index (χ0) is 19.3. The van der Waals surface area contributed by atoms with Gasteiger partial charge < -0.3 is 0 Å². The zero-order valence-electron chi connectivity index (χ0n) is 14.8. The second kappa shape index (κ2) is 6.53. The van der Waals surface area contributed by atoms with Crippen LogP contribution in [0.4, 0.5) is 10.8 Å². The first-order valence-electron chi connectivity index (χ1n) is 9.16. The van der Waals surface area contributed by atoms with Gasteiger partial charge in [-0.15, -0.1) is 11.3 Å². The number of aromatic nitrogens is 1. The molecule has 1 aromatic carbocycles. The number of carbonyl (C=O) groups is 3. The molecule has 2 aromatic rings. The number of amides is 3. The molecule has 4 atom stereocenters. The number of imide groups is 1. The van der Waals surface area contributed by atoms with Crippen molar-refractivity contribution in [1.29, 1.82) is 0 Å². The van der Waals surface area contributed by atoms with Crippen LogP contribution in [0, 0.1) is 23.7 Å². The van der Waals surface area contributed by atoms with Crippen molar-refractivity contribution in [3.05, 3.63) is 59.6 Å². The molecule has 0 unspecified atom stereocenters. The summed E-state index contributed by atoms with van der Waals surface area (Å²) >= 11 is 1.34. The number of carbonyl (C=O) groups excluding carboxylic acids is 3. The van der Waals surface area contributed by atoms with E-state index in [9.17, 15) is 14.4 Å². The first kappa shape index (κ1) is 17.1. The van der Waals surface area contributed by atoms with Gasteiger partial charge in [-0.3, -0.25) is 19.7 Å². The van der Waals surface area contributed by atoms with Gasteiger partial charge in [0.05, 0.1) is 17.5 Å². The number of anilines is 2. The number of nitrogens with one attached hydrogen (secondary N) is 1. The highest BCUT2D eigenvalue weighted by molar-refractivity contribution is 7.13. The van der Waals surface area contributed by atoms with E-state index in [2.05, 4.69) is 22.5 Å². The van der Waals surface area contributed by atoms with Crippen LogP contribution in [0.3, 0.4) is 0 Å². The highest BCUT2D eigenvalue weighted by Crippen LogP contribution is 2.53. The van der Waals surface area contributed by atoms with Crippen LogP contribution in [0.2, 0.25) is 0 Å². The molecular weight excluding hydrogens is 374 g/mol. The van der Waals surface area contributed by atoms with E-state index in [-0.39, 0.29) is 41.4 Å². The number of rotatable bonds is 4. The topological polar surface area (TPSA) is 79.4 Å². The van der Waals surface area contributed by atoms with Gasteiger partial charge in [-0.1, -0.05) is 24.3 Å². The Kier molecular flexibility index (Phi) is 3.98. The summed E-state index contributed by atoms with van der Waals surface area (Å²) in [5.74, 6) is -0.547. The summed E-state index contributed by atoms with van der Waals surface area (Å²) in [6.07, 6.45) is 9.77. The van der Waals surface area contributed by atoms with Gasteiger partial charge in [0.2, 0.25) is 17.7 Å². The van der Waals surface area contributed by atoms with Crippen LogP contribution >= 0.6 is 11.3 Å². The quantitative estimate of drug-likeness (QED) is 0.493. The first-order chi connectivity index (χ1) is 13.6. The van der Waals surface area contributed by atoms with Crippen molar-refractivity contribution < 1.29 is 14.4 Å². The average molecular weight is 391 g/mol. The van der Waals surface area contributed by atoms with Crippen LogP contribution in [-0.4, -0.2) is 22.7 Å². The van der Waals surface area contributed by atoms with Crippen LogP contribution < -0.4 is 10.2 Å². The summed E-state index contributed by atoms with van der Waals surface area (Å²) in [6.45, 7) is 0. The summed E-state index contributed by atoms with van der Waals surface area (Å²) < 4.78 is 0. The Morgan fingerprint density at radius 3 is 2.61 bits per heavy atom. The smallest absolute Gasteiger partial charge is 0.250 e. The normalized spacial score (nSPS) is 27.8. The van der Waals surface area contributed by atoms with Crippen molar-refractivity contribution in [3.63, 3.8) is 0 Å². The van der Waals surface area contributed by atoms with E-state index >= 15 is 0 Å². The van der Waals surface area contributed by atoms with Gasteiger partial charge in [0.25, 0.3) is 0 Å². The largest absolute Gasteiger partial charge is 0.298 e. The van der Waals surface area contributed by atoms with E-state index in [0.29, 0.717) is 10.8 Å². The van der Waals surface area contributed by atoms with E-state index in [4.69, 9.17) is 0 Å². The lowest BCUT2D eigenvalue weighted by Crippen LogP contribution is -2.32. The number of fused-ring (bicyclic) bond motifs is 5. The van der Waals surface area contributed by atoms with Crippen molar-refractivity contribution in [2.24, 2.45) is 23.7 Å². The van der Waals surface area contributed by atoms with Gasteiger partial charge in [0.15, 0.2) is 5.13 Å². The van der Waals surface area contributed by atoms with Gasteiger partial charge in [-0.2, -0.15) is 0 Å². The van der Waals surface area contributed by atoms with E-state index in [0.717, 1.165) is 12.0 Å². The molecule has 5 rings (SSSR count). The Labute approximate surface area is 165 Å². The van der Waals surface area contributed by atoms with Crippen LogP contribution in [0.1, 0.15) is 12.0 Å². The lowest BCUT2D eigenvalue weighted by Gasteiger charge is -2.17.